The van der Waals surface area contributed by atoms with E-state index in [4.69, 9.17) is 44.0 Å². The summed E-state index contributed by atoms with van der Waals surface area (Å²) in [4.78, 5) is 17.4. The van der Waals surface area contributed by atoms with Gasteiger partial charge in [-0.15, -0.1) is 0 Å². The first kappa shape index (κ1) is 21.5. The standard InChI is InChI=1S/C23H17Cl3N2O3/c1-3-12-4-7-20-19(8-12)28-23(31-20)15-11-14(5-6-17(15)25)27-22(29)16-9-13(24)10-18(26)21(16)30-2/h4-11H,3H2,1-2H3,(H,27,29). The van der Waals surface area contributed by atoms with Gasteiger partial charge in [0.15, 0.2) is 5.58 Å². The predicted molar refractivity (Wildman–Crippen MR) is 125 cm³/mol. The molecule has 31 heavy (non-hydrogen) atoms. The molecule has 1 N–H and O–H groups in total. The van der Waals surface area contributed by atoms with Crippen LogP contribution in [0, 0.1) is 0 Å². The first-order valence-corrected chi connectivity index (χ1v) is 10.6. The van der Waals surface area contributed by atoms with Crippen molar-refractivity contribution in [2.75, 3.05) is 12.4 Å². The van der Waals surface area contributed by atoms with Gasteiger partial charge in [-0.1, -0.05) is 47.8 Å². The van der Waals surface area contributed by atoms with Crippen molar-refractivity contribution in [1.29, 1.82) is 0 Å². The highest BCUT2D eigenvalue weighted by Gasteiger charge is 2.18. The molecule has 4 rings (SSSR count). The van der Waals surface area contributed by atoms with Gasteiger partial charge in [-0.2, -0.15) is 0 Å². The summed E-state index contributed by atoms with van der Waals surface area (Å²) < 4.78 is 11.1. The number of anilines is 1. The Morgan fingerprint density at radius 2 is 1.87 bits per heavy atom. The second-order valence-electron chi connectivity index (χ2n) is 6.79. The maximum Gasteiger partial charge on any atom is 0.259 e. The van der Waals surface area contributed by atoms with Crippen LogP contribution in [-0.4, -0.2) is 18.0 Å². The summed E-state index contributed by atoms with van der Waals surface area (Å²) in [5.74, 6) is 0.177. The number of fused-ring (bicyclic) bond motifs is 1. The van der Waals surface area contributed by atoms with E-state index >= 15 is 0 Å². The lowest BCUT2D eigenvalue weighted by molar-refractivity contribution is 0.102. The fourth-order valence-corrected chi connectivity index (χ4v) is 3.98. The first-order valence-electron chi connectivity index (χ1n) is 9.43. The molecule has 0 saturated heterocycles. The molecule has 0 radical (unpaired) electrons. The zero-order chi connectivity index (χ0) is 22.1. The maximum atomic E-state index is 12.9. The number of aromatic nitrogens is 1. The Balaban J connectivity index is 1.68. The molecular formula is C23H17Cl3N2O3. The van der Waals surface area contributed by atoms with Crippen molar-refractivity contribution in [1.82, 2.24) is 4.98 Å². The van der Waals surface area contributed by atoms with E-state index in [1.807, 2.05) is 18.2 Å². The average Bonchev–Trinajstić information content (AvgIpc) is 3.17. The first-order chi connectivity index (χ1) is 14.9. The third kappa shape index (κ3) is 4.35. The number of aryl methyl sites for hydroxylation is 1. The highest BCUT2D eigenvalue weighted by molar-refractivity contribution is 6.36. The van der Waals surface area contributed by atoms with Gasteiger partial charge in [0.1, 0.15) is 11.3 Å². The highest BCUT2D eigenvalue weighted by atomic mass is 35.5. The third-order valence-electron chi connectivity index (χ3n) is 4.77. The molecule has 0 aliphatic heterocycles. The number of methoxy groups -OCH3 is 1. The van der Waals surface area contributed by atoms with Gasteiger partial charge in [0.2, 0.25) is 5.89 Å². The van der Waals surface area contributed by atoms with Gasteiger partial charge in [0.05, 0.1) is 28.3 Å². The summed E-state index contributed by atoms with van der Waals surface area (Å²) in [5.41, 5.74) is 3.84. The van der Waals surface area contributed by atoms with Crippen LogP contribution in [0.25, 0.3) is 22.6 Å². The maximum absolute atomic E-state index is 12.9. The van der Waals surface area contributed by atoms with Crippen molar-refractivity contribution in [3.63, 3.8) is 0 Å². The van der Waals surface area contributed by atoms with Crippen molar-refractivity contribution in [3.05, 3.63) is 74.7 Å². The minimum absolute atomic E-state index is 0.213. The quantitative estimate of drug-likeness (QED) is 0.329. The lowest BCUT2D eigenvalue weighted by atomic mass is 10.1. The Bertz CT molecular complexity index is 1300. The number of hydrogen-bond acceptors (Lipinski definition) is 4. The molecule has 3 aromatic carbocycles. The smallest absolute Gasteiger partial charge is 0.259 e. The third-order valence-corrected chi connectivity index (χ3v) is 5.60. The molecular weight excluding hydrogens is 459 g/mol. The van der Waals surface area contributed by atoms with Gasteiger partial charge in [-0.25, -0.2) is 4.98 Å². The topological polar surface area (TPSA) is 64.4 Å². The van der Waals surface area contributed by atoms with E-state index < -0.39 is 5.91 Å². The number of nitrogens with zero attached hydrogens (tertiary/aromatic N) is 1. The van der Waals surface area contributed by atoms with Crippen LogP contribution < -0.4 is 10.1 Å². The number of ether oxygens (including phenoxy) is 1. The Kier molecular flexibility index (Phi) is 6.10. The van der Waals surface area contributed by atoms with E-state index in [0.29, 0.717) is 32.8 Å². The SMILES string of the molecule is CCc1ccc2oc(-c3cc(NC(=O)c4cc(Cl)cc(Cl)c4OC)ccc3Cl)nc2c1. The zero-order valence-electron chi connectivity index (χ0n) is 16.6. The molecule has 158 valence electrons. The Labute approximate surface area is 193 Å². The van der Waals surface area contributed by atoms with E-state index in [-0.39, 0.29) is 16.3 Å². The number of halogens is 3. The van der Waals surface area contributed by atoms with Gasteiger partial charge in [0.25, 0.3) is 5.91 Å². The van der Waals surface area contributed by atoms with E-state index in [0.717, 1.165) is 17.5 Å². The molecule has 1 heterocycles. The summed E-state index contributed by atoms with van der Waals surface area (Å²) in [5, 5.41) is 3.83. The number of hydrogen-bond donors (Lipinski definition) is 1. The van der Waals surface area contributed by atoms with Crippen molar-refractivity contribution in [2.24, 2.45) is 0 Å². The average molecular weight is 476 g/mol. The van der Waals surface area contributed by atoms with Crippen LogP contribution in [0.2, 0.25) is 15.1 Å². The van der Waals surface area contributed by atoms with Crippen LogP contribution in [0.5, 0.6) is 5.75 Å². The van der Waals surface area contributed by atoms with Gasteiger partial charge in [0, 0.05) is 10.7 Å². The second-order valence-corrected chi connectivity index (χ2v) is 8.04. The van der Waals surface area contributed by atoms with E-state index in [1.165, 1.54) is 19.2 Å². The predicted octanol–water partition coefficient (Wildman–Crippen LogP) is 7.28. The lowest BCUT2D eigenvalue weighted by Crippen LogP contribution is -2.13. The molecule has 0 aliphatic rings. The molecule has 1 aromatic heterocycles. The molecule has 0 saturated carbocycles. The largest absolute Gasteiger partial charge is 0.494 e. The number of carbonyl (C=O) groups is 1. The summed E-state index contributed by atoms with van der Waals surface area (Å²) in [6.07, 6.45) is 0.900. The van der Waals surface area contributed by atoms with Crippen LogP contribution in [0.1, 0.15) is 22.8 Å². The van der Waals surface area contributed by atoms with Crippen molar-refractivity contribution in [2.45, 2.75) is 13.3 Å². The molecule has 0 atom stereocenters. The van der Waals surface area contributed by atoms with E-state index in [2.05, 4.69) is 17.2 Å². The van der Waals surface area contributed by atoms with Gasteiger partial charge < -0.3 is 14.5 Å². The van der Waals surface area contributed by atoms with Crippen LogP contribution in [0.4, 0.5) is 5.69 Å². The minimum atomic E-state index is -0.431. The number of oxazole rings is 1. The van der Waals surface area contributed by atoms with Crippen LogP contribution in [0.15, 0.2) is 52.9 Å². The number of amides is 1. The van der Waals surface area contributed by atoms with Gasteiger partial charge in [-0.05, 0) is 54.4 Å². The van der Waals surface area contributed by atoms with Crippen molar-refractivity contribution < 1.29 is 13.9 Å². The van der Waals surface area contributed by atoms with Gasteiger partial charge >= 0.3 is 0 Å². The number of carbonyl (C=O) groups excluding carboxylic acids is 1. The Morgan fingerprint density at radius 1 is 1.06 bits per heavy atom. The molecule has 0 aliphatic carbocycles. The molecule has 8 heteroatoms. The zero-order valence-corrected chi connectivity index (χ0v) is 18.9. The normalized spacial score (nSPS) is 11.0. The fraction of sp³-hybridized carbons (Fsp3) is 0.130. The summed E-state index contributed by atoms with van der Waals surface area (Å²) in [7, 11) is 1.43. The van der Waals surface area contributed by atoms with E-state index in [1.54, 1.807) is 18.2 Å². The highest BCUT2D eigenvalue weighted by Crippen LogP contribution is 2.35. The Morgan fingerprint density at radius 3 is 2.61 bits per heavy atom. The second kappa shape index (κ2) is 8.79. The van der Waals surface area contributed by atoms with Crippen molar-refractivity contribution in [3.8, 4) is 17.2 Å². The lowest BCUT2D eigenvalue weighted by Gasteiger charge is -2.12. The van der Waals surface area contributed by atoms with Crippen LogP contribution >= 0.6 is 34.8 Å². The number of benzene rings is 3. The molecule has 0 unspecified atom stereocenters. The molecule has 0 fully saturated rings. The van der Waals surface area contributed by atoms with Gasteiger partial charge in [-0.3, -0.25) is 4.79 Å². The fourth-order valence-electron chi connectivity index (χ4n) is 3.21. The number of rotatable bonds is 5. The molecule has 1 amide bonds. The van der Waals surface area contributed by atoms with E-state index in [9.17, 15) is 4.79 Å². The van der Waals surface area contributed by atoms with Crippen LogP contribution in [-0.2, 0) is 6.42 Å². The number of nitrogens with one attached hydrogen (secondary N) is 1. The minimum Gasteiger partial charge on any atom is -0.494 e. The summed E-state index contributed by atoms with van der Waals surface area (Å²) >= 11 is 18.6. The molecule has 0 bridgehead atoms. The summed E-state index contributed by atoms with van der Waals surface area (Å²) in [6.45, 7) is 2.08. The van der Waals surface area contributed by atoms with Crippen LogP contribution in [0.3, 0.4) is 0 Å². The molecule has 0 spiro atoms. The van der Waals surface area contributed by atoms with Crippen molar-refractivity contribution >= 4 is 57.5 Å². The summed E-state index contributed by atoms with van der Waals surface area (Å²) in [6, 6.07) is 13.9. The monoisotopic (exact) mass is 474 g/mol. The molecule has 5 nitrogen and oxygen atoms in total. The molecule has 4 aromatic rings. The Hall–Kier alpha value is -2.73.